The Morgan fingerprint density at radius 3 is 2.58 bits per heavy atom. The van der Waals surface area contributed by atoms with Crippen LogP contribution in [0.3, 0.4) is 0 Å². The number of hydrogen-bond donors (Lipinski definition) is 1. The SMILES string of the molecule is CC(C)(C)OC(=O)N1CCN(c2nc(N)nc3c2CCC2=C3[C@@H]3CCCC[C@@H]3O2)CC1. The molecule has 1 aromatic heterocycles. The lowest BCUT2D eigenvalue weighted by atomic mass is 9.78. The number of rotatable bonds is 1. The van der Waals surface area contributed by atoms with Gasteiger partial charge in [0.05, 0.1) is 5.69 Å². The fourth-order valence-corrected chi connectivity index (χ4v) is 5.39. The number of anilines is 2. The van der Waals surface area contributed by atoms with E-state index in [9.17, 15) is 4.79 Å². The zero-order valence-electron chi connectivity index (χ0n) is 18.8. The number of carbonyl (C=O) groups excluding carboxylic acids is 1. The highest BCUT2D eigenvalue weighted by molar-refractivity contribution is 5.77. The lowest BCUT2D eigenvalue weighted by molar-refractivity contribution is 0.0240. The Balaban J connectivity index is 1.37. The molecule has 31 heavy (non-hydrogen) atoms. The number of hydrogen-bond acceptors (Lipinski definition) is 7. The van der Waals surface area contributed by atoms with E-state index in [1.807, 2.05) is 20.8 Å². The maximum atomic E-state index is 12.4. The third-order valence-corrected chi connectivity index (χ3v) is 6.76. The fraction of sp³-hybridized carbons (Fsp3) is 0.696. The topological polar surface area (TPSA) is 93.8 Å². The molecule has 2 N–H and O–H groups in total. The van der Waals surface area contributed by atoms with Gasteiger partial charge in [-0.3, -0.25) is 0 Å². The minimum absolute atomic E-state index is 0.252. The molecular weight excluding hydrogens is 394 g/mol. The average molecular weight is 428 g/mol. The van der Waals surface area contributed by atoms with Gasteiger partial charge in [0.25, 0.3) is 0 Å². The van der Waals surface area contributed by atoms with Crippen molar-refractivity contribution in [3.05, 3.63) is 17.0 Å². The molecule has 2 atom stereocenters. The molecule has 0 radical (unpaired) electrons. The van der Waals surface area contributed by atoms with Crippen LogP contribution in [0.4, 0.5) is 16.6 Å². The highest BCUT2D eigenvalue weighted by atomic mass is 16.6. The molecule has 8 nitrogen and oxygen atoms in total. The number of amides is 1. The molecule has 168 valence electrons. The quantitative estimate of drug-likeness (QED) is 0.734. The van der Waals surface area contributed by atoms with Crippen molar-refractivity contribution in [1.29, 1.82) is 0 Å². The largest absolute Gasteiger partial charge is 0.494 e. The van der Waals surface area contributed by atoms with Crippen LogP contribution in [0.25, 0.3) is 5.57 Å². The Bertz CT molecular complexity index is 915. The van der Waals surface area contributed by atoms with Gasteiger partial charge in [-0.2, -0.15) is 4.98 Å². The second kappa shape index (κ2) is 7.57. The van der Waals surface area contributed by atoms with Crippen LogP contribution < -0.4 is 10.6 Å². The number of aromatic nitrogens is 2. The van der Waals surface area contributed by atoms with Crippen molar-refractivity contribution < 1.29 is 14.3 Å². The van der Waals surface area contributed by atoms with Gasteiger partial charge in [0.1, 0.15) is 23.3 Å². The van der Waals surface area contributed by atoms with Crippen molar-refractivity contribution >= 4 is 23.4 Å². The van der Waals surface area contributed by atoms with Crippen LogP contribution in [0, 0.1) is 5.92 Å². The van der Waals surface area contributed by atoms with Crippen molar-refractivity contribution in [2.75, 3.05) is 36.8 Å². The van der Waals surface area contributed by atoms with Gasteiger partial charge in [-0.05, 0) is 46.5 Å². The highest BCUT2D eigenvalue weighted by Crippen LogP contribution is 2.50. The van der Waals surface area contributed by atoms with E-state index in [1.54, 1.807) is 4.90 Å². The molecule has 0 bridgehead atoms. The van der Waals surface area contributed by atoms with E-state index >= 15 is 0 Å². The van der Waals surface area contributed by atoms with Crippen LogP contribution in [0.15, 0.2) is 5.76 Å². The molecular formula is C23H33N5O3. The van der Waals surface area contributed by atoms with Crippen LogP contribution in [-0.4, -0.2) is 58.8 Å². The van der Waals surface area contributed by atoms with Crippen LogP contribution in [0.5, 0.6) is 0 Å². The summed E-state index contributed by atoms with van der Waals surface area (Å²) in [5.41, 5.74) is 9.18. The maximum absolute atomic E-state index is 12.4. The van der Waals surface area contributed by atoms with Crippen LogP contribution in [-0.2, 0) is 15.9 Å². The monoisotopic (exact) mass is 427 g/mol. The van der Waals surface area contributed by atoms with E-state index in [2.05, 4.69) is 9.88 Å². The van der Waals surface area contributed by atoms with Crippen molar-refractivity contribution in [2.45, 2.75) is 71.0 Å². The Morgan fingerprint density at radius 1 is 1.10 bits per heavy atom. The number of piperazine rings is 1. The van der Waals surface area contributed by atoms with Crippen LogP contribution in [0.2, 0.25) is 0 Å². The first-order valence-corrected chi connectivity index (χ1v) is 11.6. The molecule has 2 aliphatic carbocycles. The zero-order valence-corrected chi connectivity index (χ0v) is 18.8. The summed E-state index contributed by atoms with van der Waals surface area (Å²) in [4.78, 5) is 25.8. The molecule has 3 heterocycles. The van der Waals surface area contributed by atoms with Gasteiger partial charge >= 0.3 is 6.09 Å². The normalized spacial score (nSPS) is 25.5. The van der Waals surface area contributed by atoms with Crippen molar-refractivity contribution in [3.63, 3.8) is 0 Å². The standard InChI is InChI=1S/C23H33N5O3/c1-23(2,3)31-22(29)28-12-10-27(11-13-28)20-15-8-9-17-18(19(15)25-21(24)26-20)14-6-4-5-7-16(14)30-17/h14,16H,4-13H2,1-3H3,(H2,24,25,26)/t14-,16+/m1/s1. The van der Waals surface area contributed by atoms with Gasteiger partial charge in [0, 0.05) is 49.7 Å². The summed E-state index contributed by atoms with van der Waals surface area (Å²) >= 11 is 0. The lowest BCUT2D eigenvalue weighted by Gasteiger charge is -2.37. The van der Waals surface area contributed by atoms with E-state index in [0.29, 0.717) is 44.1 Å². The number of nitrogens with two attached hydrogens (primary N) is 1. The molecule has 2 fully saturated rings. The first-order valence-electron chi connectivity index (χ1n) is 11.6. The molecule has 2 aliphatic heterocycles. The van der Waals surface area contributed by atoms with Gasteiger partial charge < -0.3 is 25.0 Å². The minimum atomic E-state index is -0.486. The summed E-state index contributed by atoms with van der Waals surface area (Å²) in [6.45, 7) is 8.30. The predicted octanol–water partition coefficient (Wildman–Crippen LogP) is 3.36. The Hall–Kier alpha value is -2.51. The molecule has 0 unspecified atom stereocenters. The summed E-state index contributed by atoms with van der Waals surface area (Å²) < 4.78 is 11.9. The maximum Gasteiger partial charge on any atom is 0.410 e. The number of nitrogens with zero attached hydrogens (tertiary/aromatic N) is 4. The first-order chi connectivity index (χ1) is 14.8. The summed E-state index contributed by atoms with van der Waals surface area (Å²) in [5.74, 6) is 2.81. The van der Waals surface area contributed by atoms with E-state index in [1.165, 1.54) is 24.0 Å². The molecule has 4 aliphatic rings. The van der Waals surface area contributed by atoms with Crippen molar-refractivity contribution in [2.24, 2.45) is 5.92 Å². The van der Waals surface area contributed by atoms with Crippen molar-refractivity contribution in [3.8, 4) is 0 Å². The Kier molecular flexibility index (Phi) is 4.98. The second-order valence-electron chi connectivity index (χ2n) is 10.1. The second-order valence-corrected chi connectivity index (χ2v) is 10.1. The minimum Gasteiger partial charge on any atom is -0.494 e. The fourth-order valence-electron chi connectivity index (χ4n) is 5.39. The smallest absolute Gasteiger partial charge is 0.410 e. The predicted molar refractivity (Wildman–Crippen MR) is 119 cm³/mol. The van der Waals surface area contributed by atoms with Crippen LogP contribution in [0.1, 0.15) is 64.1 Å². The van der Waals surface area contributed by atoms with Gasteiger partial charge in [0.15, 0.2) is 0 Å². The average Bonchev–Trinajstić information content (AvgIpc) is 3.11. The summed E-state index contributed by atoms with van der Waals surface area (Å²) in [5, 5.41) is 0. The third-order valence-electron chi connectivity index (χ3n) is 6.76. The van der Waals surface area contributed by atoms with Crippen molar-refractivity contribution in [1.82, 2.24) is 14.9 Å². The molecule has 0 aromatic carbocycles. The van der Waals surface area contributed by atoms with Gasteiger partial charge in [-0.25, -0.2) is 9.78 Å². The van der Waals surface area contributed by atoms with E-state index in [0.717, 1.165) is 43.0 Å². The molecule has 1 saturated carbocycles. The molecule has 1 amide bonds. The van der Waals surface area contributed by atoms with E-state index in [4.69, 9.17) is 20.2 Å². The number of allylic oxidation sites excluding steroid dienone is 1. The van der Waals surface area contributed by atoms with E-state index in [-0.39, 0.29) is 6.09 Å². The molecule has 0 spiro atoms. The Morgan fingerprint density at radius 2 is 1.84 bits per heavy atom. The molecule has 5 rings (SSSR count). The molecule has 1 saturated heterocycles. The Labute approximate surface area is 183 Å². The lowest BCUT2D eigenvalue weighted by Crippen LogP contribution is -2.50. The van der Waals surface area contributed by atoms with Gasteiger partial charge in [-0.1, -0.05) is 6.42 Å². The van der Waals surface area contributed by atoms with E-state index < -0.39 is 5.60 Å². The summed E-state index contributed by atoms with van der Waals surface area (Å²) in [6.07, 6.45) is 6.62. The van der Waals surface area contributed by atoms with Crippen LogP contribution >= 0.6 is 0 Å². The van der Waals surface area contributed by atoms with Gasteiger partial charge in [0.2, 0.25) is 5.95 Å². The number of fused-ring (bicyclic) bond motifs is 4. The first kappa shape index (κ1) is 20.4. The third kappa shape index (κ3) is 3.81. The number of carbonyl (C=O) groups is 1. The molecule has 8 heteroatoms. The summed E-state index contributed by atoms with van der Waals surface area (Å²) in [6, 6.07) is 0. The van der Waals surface area contributed by atoms with Gasteiger partial charge in [-0.15, -0.1) is 0 Å². The number of nitrogen functional groups attached to an aromatic ring is 1. The molecule has 1 aromatic rings. The highest BCUT2D eigenvalue weighted by Gasteiger charge is 2.43. The summed E-state index contributed by atoms with van der Waals surface area (Å²) in [7, 11) is 0. The number of ether oxygens (including phenoxy) is 2. The zero-order chi connectivity index (χ0) is 21.8.